The van der Waals surface area contributed by atoms with E-state index in [1.807, 2.05) is 6.92 Å². The molecular weight excluding hydrogens is 338 g/mol. The first kappa shape index (κ1) is 16.8. The van der Waals surface area contributed by atoms with Crippen LogP contribution >= 0.6 is 0 Å². The summed E-state index contributed by atoms with van der Waals surface area (Å²) in [5.74, 6) is -1.67. The molecule has 0 spiro atoms. The molecule has 2 fully saturated rings. The second-order valence-corrected chi connectivity index (χ2v) is 6.62. The third-order valence-electron chi connectivity index (χ3n) is 5.06. The molecule has 7 nitrogen and oxygen atoms in total. The highest BCUT2D eigenvalue weighted by Gasteiger charge is 2.68. The van der Waals surface area contributed by atoms with Gasteiger partial charge in [0, 0.05) is 6.92 Å². The summed E-state index contributed by atoms with van der Waals surface area (Å²) >= 11 is 0. The fraction of sp³-hybridized carbons (Fsp3) is 0.421. The lowest BCUT2D eigenvalue weighted by molar-refractivity contribution is -0.150. The highest BCUT2D eigenvalue weighted by Crippen LogP contribution is 2.52. The van der Waals surface area contributed by atoms with E-state index in [4.69, 9.17) is 14.2 Å². The van der Waals surface area contributed by atoms with E-state index in [9.17, 15) is 14.4 Å². The Morgan fingerprint density at radius 1 is 1.23 bits per heavy atom. The van der Waals surface area contributed by atoms with E-state index in [1.54, 1.807) is 36.4 Å². The van der Waals surface area contributed by atoms with Crippen molar-refractivity contribution in [3.05, 3.63) is 36.4 Å². The van der Waals surface area contributed by atoms with Crippen molar-refractivity contribution in [2.45, 2.75) is 25.6 Å². The van der Waals surface area contributed by atoms with Gasteiger partial charge in [-0.3, -0.25) is 14.4 Å². The molecule has 4 atom stereocenters. The van der Waals surface area contributed by atoms with Crippen LogP contribution in [0.3, 0.4) is 0 Å². The first-order valence-corrected chi connectivity index (χ1v) is 8.58. The normalized spacial score (nSPS) is 31.5. The van der Waals surface area contributed by atoms with Crippen LogP contribution < -0.4 is 9.64 Å². The minimum absolute atomic E-state index is 0.0767. The zero-order chi connectivity index (χ0) is 18.5. The third kappa shape index (κ3) is 2.34. The molecule has 1 aromatic carbocycles. The molecule has 2 amide bonds. The number of nitrogens with zero attached hydrogens (tertiary/aromatic N) is 1. The number of esters is 1. The molecule has 0 aliphatic carbocycles. The summed E-state index contributed by atoms with van der Waals surface area (Å²) in [6, 6.07) is 6.84. The van der Waals surface area contributed by atoms with Gasteiger partial charge in [0.25, 0.3) is 0 Å². The Hall–Kier alpha value is -2.67. The van der Waals surface area contributed by atoms with E-state index in [0.717, 1.165) is 0 Å². The second-order valence-electron chi connectivity index (χ2n) is 6.62. The summed E-state index contributed by atoms with van der Waals surface area (Å²) in [5.41, 5.74) is -0.562. The third-order valence-corrected chi connectivity index (χ3v) is 5.06. The van der Waals surface area contributed by atoms with Gasteiger partial charge >= 0.3 is 5.97 Å². The van der Waals surface area contributed by atoms with E-state index in [0.29, 0.717) is 18.0 Å². The molecule has 0 N–H and O–H groups in total. The number of amides is 2. The minimum Gasteiger partial charge on any atom is -0.494 e. The maximum absolute atomic E-state index is 13.1. The van der Waals surface area contributed by atoms with Gasteiger partial charge in [0.1, 0.15) is 18.0 Å². The van der Waals surface area contributed by atoms with E-state index >= 15 is 0 Å². The molecule has 2 bridgehead atoms. The molecular formula is C19H19NO6. The van der Waals surface area contributed by atoms with Crippen molar-refractivity contribution in [3.63, 3.8) is 0 Å². The maximum atomic E-state index is 13.1. The first-order valence-electron chi connectivity index (χ1n) is 8.58. The number of ether oxygens (including phenoxy) is 3. The predicted molar refractivity (Wildman–Crippen MR) is 90.5 cm³/mol. The summed E-state index contributed by atoms with van der Waals surface area (Å²) in [6.07, 6.45) is 3.05. The Kier molecular flexibility index (Phi) is 3.84. The lowest BCUT2D eigenvalue weighted by Crippen LogP contribution is -2.44. The molecule has 1 aromatic rings. The molecule has 4 rings (SSSR count). The van der Waals surface area contributed by atoms with Gasteiger partial charge in [-0.1, -0.05) is 6.08 Å². The maximum Gasteiger partial charge on any atom is 0.302 e. The molecule has 0 aromatic heterocycles. The van der Waals surface area contributed by atoms with Gasteiger partial charge in [0.2, 0.25) is 11.8 Å². The van der Waals surface area contributed by atoms with Crippen molar-refractivity contribution in [2.75, 3.05) is 18.1 Å². The van der Waals surface area contributed by atoms with Crippen molar-refractivity contribution >= 4 is 23.5 Å². The van der Waals surface area contributed by atoms with Crippen LogP contribution in [0.5, 0.6) is 5.75 Å². The largest absolute Gasteiger partial charge is 0.494 e. The van der Waals surface area contributed by atoms with Crippen molar-refractivity contribution in [1.29, 1.82) is 0 Å². The van der Waals surface area contributed by atoms with Crippen molar-refractivity contribution < 1.29 is 28.6 Å². The van der Waals surface area contributed by atoms with Gasteiger partial charge in [-0.15, -0.1) is 0 Å². The van der Waals surface area contributed by atoms with Crippen LogP contribution in [0.15, 0.2) is 36.4 Å². The summed E-state index contributed by atoms with van der Waals surface area (Å²) in [5, 5.41) is 0. The standard InChI is InChI=1S/C19H19NO6/c1-3-24-13-6-4-12(5-7-13)20-17(22)15-14-8-9-19(26-14,10-25-11(2)21)16(15)18(20)23/h4-9,14-16H,3,10H2,1-2H3/t14-,15+,16+,19+/m1/s1. The highest BCUT2D eigenvalue weighted by atomic mass is 16.6. The molecule has 136 valence electrons. The van der Waals surface area contributed by atoms with E-state index < -0.39 is 29.5 Å². The van der Waals surface area contributed by atoms with Crippen LogP contribution in [-0.4, -0.2) is 42.7 Å². The average molecular weight is 357 g/mol. The summed E-state index contributed by atoms with van der Waals surface area (Å²) in [6.45, 7) is 3.64. The lowest BCUT2D eigenvalue weighted by Gasteiger charge is -2.28. The summed E-state index contributed by atoms with van der Waals surface area (Å²) < 4.78 is 16.4. The van der Waals surface area contributed by atoms with Gasteiger partial charge in [0.15, 0.2) is 0 Å². The summed E-state index contributed by atoms with van der Waals surface area (Å²) in [4.78, 5) is 38.4. The summed E-state index contributed by atoms with van der Waals surface area (Å²) in [7, 11) is 0. The lowest BCUT2D eigenvalue weighted by atomic mass is 9.77. The van der Waals surface area contributed by atoms with Crippen molar-refractivity contribution in [2.24, 2.45) is 11.8 Å². The fourth-order valence-corrected chi connectivity index (χ4v) is 3.99. The molecule has 0 radical (unpaired) electrons. The zero-order valence-electron chi connectivity index (χ0n) is 14.5. The van der Waals surface area contributed by atoms with Crippen LogP contribution in [0.4, 0.5) is 5.69 Å². The number of hydrogen-bond acceptors (Lipinski definition) is 6. The molecule has 7 heteroatoms. The number of rotatable bonds is 5. The number of carbonyl (C=O) groups excluding carboxylic acids is 3. The SMILES string of the molecule is CCOc1ccc(N2C(=O)[C@@H]3[C@@H](C2=O)[C@@]2(COC(C)=O)C=C[C@H]3O2)cc1. The Morgan fingerprint density at radius 2 is 1.96 bits per heavy atom. The quantitative estimate of drug-likeness (QED) is 0.451. The zero-order valence-corrected chi connectivity index (χ0v) is 14.5. The van der Waals surface area contributed by atoms with Crippen LogP contribution in [0, 0.1) is 11.8 Å². The van der Waals surface area contributed by atoms with Crippen LogP contribution in [0.1, 0.15) is 13.8 Å². The van der Waals surface area contributed by atoms with E-state index in [2.05, 4.69) is 0 Å². The average Bonchev–Trinajstić information content (AvgIpc) is 3.25. The Bertz CT molecular complexity index is 801. The predicted octanol–water partition coefficient (Wildman–Crippen LogP) is 1.46. The molecule has 3 aliphatic heterocycles. The number of fused-ring (bicyclic) bond motifs is 5. The van der Waals surface area contributed by atoms with Gasteiger partial charge < -0.3 is 14.2 Å². The Morgan fingerprint density at radius 3 is 2.62 bits per heavy atom. The number of benzene rings is 1. The molecule has 3 heterocycles. The Labute approximate surface area is 150 Å². The van der Waals surface area contributed by atoms with Gasteiger partial charge in [0.05, 0.1) is 30.2 Å². The molecule has 2 saturated heterocycles. The minimum atomic E-state index is -1.06. The van der Waals surface area contributed by atoms with Crippen molar-refractivity contribution in [3.8, 4) is 5.75 Å². The number of imide groups is 1. The molecule has 0 unspecified atom stereocenters. The van der Waals surface area contributed by atoms with Gasteiger partial charge in [-0.05, 0) is 37.3 Å². The number of anilines is 1. The fourth-order valence-electron chi connectivity index (χ4n) is 3.99. The Balaban J connectivity index is 1.63. The van der Waals surface area contributed by atoms with E-state index in [-0.39, 0.29) is 18.4 Å². The first-order chi connectivity index (χ1) is 12.5. The molecule has 0 saturated carbocycles. The van der Waals surface area contributed by atoms with E-state index in [1.165, 1.54) is 11.8 Å². The van der Waals surface area contributed by atoms with Crippen molar-refractivity contribution in [1.82, 2.24) is 0 Å². The monoisotopic (exact) mass is 357 g/mol. The number of carbonyl (C=O) groups is 3. The van der Waals surface area contributed by atoms with Crippen LogP contribution in [0.2, 0.25) is 0 Å². The van der Waals surface area contributed by atoms with Crippen LogP contribution in [-0.2, 0) is 23.9 Å². The molecule has 3 aliphatic rings. The second kappa shape index (κ2) is 5.95. The smallest absolute Gasteiger partial charge is 0.302 e. The number of hydrogen-bond donors (Lipinski definition) is 0. The topological polar surface area (TPSA) is 82.1 Å². The highest BCUT2D eigenvalue weighted by molar-refractivity contribution is 6.23. The van der Waals surface area contributed by atoms with Gasteiger partial charge in [-0.25, -0.2) is 4.90 Å². The van der Waals surface area contributed by atoms with Gasteiger partial charge in [-0.2, -0.15) is 0 Å². The van der Waals surface area contributed by atoms with Crippen LogP contribution in [0.25, 0.3) is 0 Å². The molecule has 26 heavy (non-hydrogen) atoms.